The molecule has 0 radical (unpaired) electrons. The Morgan fingerprint density at radius 1 is 1.60 bits per heavy atom. The normalized spacial score (nSPS) is 23.1. The van der Waals surface area contributed by atoms with Gasteiger partial charge in [0, 0.05) is 19.3 Å². The van der Waals surface area contributed by atoms with Crippen LogP contribution in [0.15, 0.2) is 0 Å². The third kappa shape index (κ3) is 3.80. The summed E-state index contributed by atoms with van der Waals surface area (Å²) < 4.78 is 5.17. The number of ether oxygens (including phenoxy) is 1. The molecule has 15 heavy (non-hydrogen) atoms. The molecular weight excluding hydrogens is 194 g/mol. The number of hydrogen-bond acceptors (Lipinski definition) is 3. The van der Waals surface area contributed by atoms with Crippen molar-refractivity contribution in [1.82, 2.24) is 5.32 Å². The molecule has 1 heterocycles. The Morgan fingerprint density at radius 2 is 2.33 bits per heavy atom. The fourth-order valence-corrected chi connectivity index (χ4v) is 1.75. The lowest BCUT2D eigenvalue weighted by Gasteiger charge is -2.23. The molecule has 0 aromatic heterocycles. The van der Waals surface area contributed by atoms with E-state index in [2.05, 4.69) is 5.32 Å². The van der Waals surface area contributed by atoms with Gasteiger partial charge < -0.3 is 15.2 Å². The number of aliphatic hydroxyl groups is 1. The fourth-order valence-electron chi connectivity index (χ4n) is 1.75. The first kappa shape index (κ1) is 12.5. The summed E-state index contributed by atoms with van der Waals surface area (Å²) in [5.74, 6) is 0.424. The molecule has 1 aliphatic rings. The summed E-state index contributed by atoms with van der Waals surface area (Å²) in [5.41, 5.74) is 0. The minimum atomic E-state index is 0.00458. The number of rotatable bonds is 5. The first-order valence-corrected chi connectivity index (χ1v) is 5.64. The maximum atomic E-state index is 11.8. The zero-order valence-corrected chi connectivity index (χ0v) is 9.53. The van der Waals surface area contributed by atoms with E-state index in [0.29, 0.717) is 25.6 Å². The highest BCUT2D eigenvalue weighted by atomic mass is 16.5. The molecule has 88 valence electrons. The average molecular weight is 215 g/mol. The summed E-state index contributed by atoms with van der Waals surface area (Å²) in [4.78, 5) is 11.8. The van der Waals surface area contributed by atoms with Crippen LogP contribution in [0.3, 0.4) is 0 Å². The van der Waals surface area contributed by atoms with Gasteiger partial charge in [-0.25, -0.2) is 0 Å². The van der Waals surface area contributed by atoms with Crippen LogP contribution in [0.1, 0.15) is 26.7 Å². The number of carbonyl (C=O) groups excluding carboxylic acids is 1. The van der Waals surface area contributed by atoms with Crippen LogP contribution in [0.5, 0.6) is 0 Å². The van der Waals surface area contributed by atoms with Gasteiger partial charge in [0.15, 0.2) is 0 Å². The Hall–Kier alpha value is -0.610. The summed E-state index contributed by atoms with van der Waals surface area (Å²) in [6.07, 6.45) is 1.44. The van der Waals surface area contributed by atoms with Crippen LogP contribution in [0.2, 0.25) is 0 Å². The van der Waals surface area contributed by atoms with Gasteiger partial charge in [-0.15, -0.1) is 0 Å². The van der Waals surface area contributed by atoms with E-state index in [1.54, 1.807) is 0 Å². The maximum absolute atomic E-state index is 11.8. The predicted molar refractivity (Wildman–Crippen MR) is 57.4 cm³/mol. The molecule has 0 bridgehead atoms. The molecule has 0 aromatic carbocycles. The third-order valence-corrected chi connectivity index (χ3v) is 2.87. The van der Waals surface area contributed by atoms with Crippen molar-refractivity contribution in [1.29, 1.82) is 0 Å². The molecule has 1 fully saturated rings. The van der Waals surface area contributed by atoms with Crippen LogP contribution in [-0.2, 0) is 9.53 Å². The molecule has 0 aromatic rings. The molecule has 1 rings (SSSR count). The Morgan fingerprint density at radius 3 is 2.80 bits per heavy atom. The van der Waals surface area contributed by atoms with Gasteiger partial charge in [-0.2, -0.15) is 0 Å². The average Bonchev–Trinajstić information content (AvgIpc) is 2.69. The van der Waals surface area contributed by atoms with Gasteiger partial charge in [0.25, 0.3) is 0 Å². The number of amides is 1. The standard InChI is InChI=1S/C11H21NO3/c1-8(2)10(3-5-13)12-11(14)9-4-6-15-7-9/h8-10,13H,3-7H2,1-2H3,(H,12,14). The van der Waals surface area contributed by atoms with E-state index in [-0.39, 0.29) is 24.5 Å². The zero-order valence-electron chi connectivity index (χ0n) is 9.53. The second-order valence-electron chi connectivity index (χ2n) is 4.43. The van der Waals surface area contributed by atoms with Crippen LogP contribution in [0, 0.1) is 11.8 Å². The summed E-state index contributed by atoms with van der Waals surface area (Å²) in [7, 11) is 0. The van der Waals surface area contributed by atoms with Gasteiger partial charge in [-0.1, -0.05) is 13.8 Å². The number of aliphatic hydroxyl groups excluding tert-OH is 1. The second kappa shape index (κ2) is 6.08. The van der Waals surface area contributed by atoms with Gasteiger partial charge >= 0.3 is 0 Å². The van der Waals surface area contributed by atoms with E-state index in [1.807, 2.05) is 13.8 Å². The van der Waals surface area contributed by atoms with E-state index in [9.17, 15) is 4.79 Å². The van der Waals surface area contributed by atoms with Gasteiger partial charge in [-0.3, -0.25) is 4.79 Å². The summed E-state index contributed by atoms with van der Waals surface area (Å²) in [5, 5.41) is 11.9. The van der Waals surface area contributed by atoms with Crippen molar-refractivity contribution in [2.75, 3.05) is 19.8 Å². The maximum Gasteiger partial charge on any atom is 0.225 e. The highest BCUT2D eigenvalue weighted by Gasteiger charge is 2.26. The molecule has 0 saturated carbocycles. The largest absolute Gasteiger partial charge is 0.396 e. The first-order valence-electron chi connectivity index (χ1n) is 5.64. The Bertz CT molecular complexity index is 200. The molecular formula is C11H21NO3. The molecule has 2 unspecified atom stereocenters. The SMILES string of the molecule is CC(C)C(CCO)NC(=O)C1CCOC1. The molecule has 1 amide bonds. The monoisotopic (exact) mass is 215 g/mol. The minimum Gasteiger partial charge on any atom is -0.396 e. The molecule has 2 atom stereocenters. The zero-order chi connectivity index (χ0) is 11.3. The van der Waals surface area contributed by atoms with E-state index < -0.39 is 0 Å². The van der Waals surface area contributed by atoms with Crippen molar-refractivity contribution in [3.63, 3.8) is 0 Å². The van der Waals surface area contributed by atoms with Crippen molar-refractivity contribution in [3.8, 4) is 0 Å². The van der Waals surface area contributed by atoms with Gasteiger partial charge in [-0.05, 0) is 18.8 Å². The van der Waals surface area contributed by atoms with Crippen LogP contribution >= 0.6 is 0 Å². The van der Waals surface area contributed by atoms with E-state index in [0.717, 1.165) is 6.42 Å². The van der Waals surface area contributed by atoms with E-state index in [4.69, 9.17) is 9.84 Å². The van der Waals surface area contributed by atoms with Crippen molar-refractivity contribution < 1.29 is 14.6 Å². The molecule has 0 aliphatic carbocycles. The van der Waals surface area contributed by atoms with Crippen molar-refractivity contribution in [2.45, 2.75) is 32.7 Å². The Balaban J connectivity index is 2.38. The highest BCUT2D eigenvalue weighted by Crippen LogP contribution is 2.14. The molecule has 4 heteroatoms. The minimum absolute atomic E-state index is 0.00458. The summed E-state index contributed by atoms with van der Waals surface area (Å²) in [6.45, 7) is 5.43. The highest BCUT2D eigenvalue weighted by molar-refractivity contribution is 5.79. The van der Waals surface area contributed by atoms with Gasteiger partial charge in [0.2, 0.25) is 5.91 Å². The fraction of sp³-hybridized carbons (Fsp3) is 0.909. The van der Waals surface area contributed by atoms with Crippen LogP contribution in [0.4, 0.5) is 0 Å². The van der Waals surface area contributed by atoms with E-state index in [1.165, 1.54) is 0 Å². The molecule has 1 aliphatic heterocycles. The van der Waals surface area contributed by atoms with Crippen LogP contribution in [-0.4, -0.2) is 36.9 Å². The Kier molecular flexibility index (Phi) is 5.05. The predicted octanol–water partition coefficient (Wildman–Crippen LogP) is 0.546. The van der Waals surface area contributed by atoms with Crippen molar-refractivity contribution in [2.24, 2.45) is 11.8 Å². The van der Waals surface area contributed by atoms with Crippen LogP contribution < -0.4 is 5.32 Å². The van der Waals surface area contributed by atoms with Crippen molar-refractivity contribution in [3.05, 3.63) is 0 Å². The van der Waals surface area contributed by atoms with E-state index >= 15 is 0 Å². The number of carbonyl (C=O) groups is 1. The van der Waals surface area contributed by atoms with Gasteiger partial charge in [0.05, 0.1) is 12.5 Å². The molecule has 1 saturated heterocycles. The molecule has 0 spiro atoms. The second-order valence-corrected chi connectivity index (χ2v) is 4.43. The quantitative estimate of drug-likeness (QED) is 0.704. The lowest BCUT2D eigenvalue weighted by Crippen LogP contribution is -2.42. The number of nitrogens with one attached hydrogen (secondary N) is 1. The molecule has 4 nitrogen and oxygen atoms in total. The smallest absolute Gasteiger partial charge is 0.225 e. The van der Waals surface area contributed by atoms with Gasteiger partial charge in [0.1, 0.15) is 0 Å². The third-order valence-electron chi connectivity index (χ3n) is 2.87. The summed E-state index contributed by atoms with van der Waals surface area (Å²) >= 11 is 0. The van der Waals surface area contributed by atoms with Crippen LogP contribution in [0.25, 0.3) is 0 Å². The molecule has 2 N–H and O–H groups in total. The van der Waals surface area contributed by atoms with Crippen molar-refractivity contribution >= 4 is 5.91 Å². The Labute approximate surface area is 91.0 Å². The lowest BCUT2D eigenvalue weighted by molar-refractivity contribution is -0.126. The summed E-state index contributed by atoms with van der Waals surface area (Å²) in [6, 6.07) is 0.0723. The lowest BCUT2D eigenvalue weighted by atomic mass is 9.99. The number of hydrogen-bond donors (Lipinski definition) is 2. The first-order chi connectivity index (χ1) is 7.15. The topological polar surface area (TPSA) is 58.6 Å².